The van der Waals surface area contributed by atoms with Crippen LogP contribution in [0.1, 0.15) is 12.5 Å². The van der Waals surface area contributed by atoms with Crippen molar-refractivity contribution >= 4 is 6.21 Å². The van der Waals surface area contributed by atoms with Gasteiger partial charge < -0.3 is 11.1 Å². The molecule has 1 aromatic rings. The molecule has 2 heterocycles. The van der Waals surface area contributed by atoms with Gasteiger partial charge in [0.25, 0.3) is 0 Å². The first-order valence-electron chi connectivity index (χ1n) is 9.09. The molecule has 1 saturated heterocycles. The smallest absolute Gasteiger partial charge is 0.126 e. The van der Waals surface area contributed by atoms with Crippen LogP contribution in [0.2, 0.25) is 0 Å². The van der Waals surface area contributed by atoms with E-state index in [1.54, 1.807) is 0 Å². The maximum absolute atomic E-state index is 6.20. The van der Waals surface area contributed by atoms with Gasteiger partial charge in [-0.2, -0.15) is 0 Å². The number of aliphatic imine (C=N–C) groups is 1. The van der Waals surface area contributed by atoms with Crippen LogP contribution < -0.4 is 11.1 Å². The summed E-state index contributed by atoms with van der Waals surface area (Å²) in [5, 5.41) is 3.42. The van der Waals surface area contributed by atoms with Gasteiger partial charge in [-0.3, -0.25) is 4.90 Å². The number of piperazine rings is 1. The number of fused-ring (bicyclic) bond motifs is 1. The molecule has 0 radical (unpaired) electrons. The van der Waals surface area contributed by atoms with Crippen LogP contribution in [0.5, 0.6) is 0 Å². The highest BCUT2D eigenvalue weighted by atomic mass is 15.2. The number of hydrogen-bond acceptors (Lipinski definition) is 4. The van der Waals surface area contributed by atoms with E-state index in [4.69, 9.17) is 5.73 Å². The standard InChI is InChI=1S/C21H26N4/c1-21(17-5-3-2-4-6-17)15-24-20(22)18-8-7-16(13-19(18)21)14-25-11-9-23-10-12-25/h2-8,13,15,19,23H,9-12,14,22H2,1H3. The number of nitrogens with two attached hydrogens (primary N) is 1. The van der Waals surface area contributed by atoms with Gasteiger partial charge in [-0.25, -0.2) is 4.99 Å². The lowest BCUT2D eigenvalue weighted by Crippen LogP contribution is -2.44. The molecule has 4 heteroatoms. The van der Waals surface area contributed by atoms with Gasteiger partial charge in [-0.15, -0.1) is 0 Å². The molecule has 3 N–H and O–H groups in total. The van der Waals surface area contributed by atoms with Gasteiger partial charge in [-0.1, -0.05) is 48.6 Å². The first kappa shape index (κ1) is 16.3. The molecule has 0 spiro atoms. The molecule has 130 valence electrons. The zero-order valence-corrected chi connectivity index (χ0v) is 14.8. The fourth-order valence-corrected chi connectivity index (χ4v) is 4.04. The molecule has 3 aliphatic rings. The lowest BCUT2D eigenvalue weighted by atomic mass is 9.66. The van der Waals surface area contributed by atoms with E-state index in [0.717, 1.165) is 38.3 Å². The van der Waals surface area contributed by atoms with Gasteiger partial charge in [0.15, 0.2) is 0 Å². The number of nitrogens with zero attached hydrogens (tertiary/aromatic N) is 2. The summed E-state index contributed by atoms with van der Waals surface area (Å²) in [4.78, 5) is 7.03. The maximum atomic E-state index is 6.20. The van der Waals surface area contributed by atoms with Crippen LogP contribution in [0, 0.1) is 5.92 Å². The molecule has 1 aliphatic carbocycles. The van der Waals surface area contributed by atoms with Crippen molar-refractivity contribution in [2.24, 2.45) is 16.6 Å². The zero-order valence-electron chi connectivity index (χ0n) is 14.8. The highest BCUT2D eigenvalue weighted by Crippen LogP contribution is 2.42. The molecule has 1 fully saturated rings. The monoisotopic (exact) mass is 334 g/mol. The molecule has 2 atom stereocenters. The van der Waals surface area contributed by atoms with E-state index in [1.165, 1.54) is 11.1 Å². The van der Waals surface area contributed by atoms with Gasteiger partial charge in [0, 0.05) is 55.8 Å². The summed E-state index contributed by atoms with van der Waals surface area (Å²) in [6.07, 6.45) is 8.83. The molecule has 2 unspecified atom stereocenters. The molecule has 0 saturated carbocycles. The van der Waals surface area contributed by atoms with E-state index in [0.29, 0.717) is 5.82 Å². The summed E-state index contributed by atoms with van der Waals surface area (Å²) in [6, 6.07) is 10.6. The van der Waals surface area contributed by atoms with Crippen molar-refractivity contribution in [3.8, 4) is 0 Å². The Labute approximate surface area is 149 Å². The van der Waals surface area contributed by atoms with Crippen molar-refractivity contribution in [1.82, 2.24) is 10.2 Å². The van der Waals surface area contributed by atoms with Crippen LogP contribution in [0.3, 0.4) is 0 Å². The number of allylic oxidation sites excluding steroid dienone is 3. The van der Waals surface area contributed by atoms with Crippen LogP contribution >= 0.6 is 0 Å². The fraction of sp³-hybridized carbons (Fsp3) is 0.381. The average Bonchev–Trinajstić information content (AvgIpc) is 2.67. The second-order valence-corrected chi connectivity index (χ2v) is 7.33. The fourth-order valence-electron chi connectivity index (χ4n) is 4.04. The molecule has 0 amide bonds. The van der Waals surface area contributed by atoms with Crippen LogP contribution in [-0.4, -0.2) is 43.8 Å². The van der Waals surface area contributed by atoms with Crippen molar-refractivity contribution in [3.63, 3.8) is 0 Å². The highest BCUT2D eigenvalue weighted by molar-refractivity contribution is 5.79. The van der Waals surface area contributed by atoms with E-state index >= 15 is 0 Å². The molecule has 1 aromatic carbocycles. The molecular weight excluding hydrogens is 308 g/mol. The maximum Gasteiger partial charge on any atom is 0.126 e. The lowest BCUT2D eigenvalue weighted by Gasteiger charge is -2.39. The topological polar surface area (TPSA) is 53.6 Å². The summed E-state index contributed by atoms with van der Waals surface area (Å²) in [5.41, 5.74) is 9.83. The van der Waals surface area contributed by atoms with Crippen LogP contribution in [0.15, 0.2) is 70.5 Å². The Morgan fingerprint density at radius 1 is 1.20 bits per heavy atom. The predicted molar refractivity (Wildman–Crippen MR) is 104 cm³/mol. The molecule has 4 rings (SSSR count). The van der Waals surface area contributed by atoms with E-state index in [9.17, 15) is 0 Å². The average molecular weight is 334 g/mol. The quantitative estimate of drug-likeness (QED) is 0.891. The minimum atomic E-state index is -0.168. The Balaban J connectivity index is 1.66. The van der Waals surface area contributed by atoms with Gasteiger partial charge in [0.1, 0.15) is 5.82 Å². The third-order valence-electron chi connectivity index (χ3n) is 5.62. The molecule has 25 heavy (non-hydrogen) atoms. The molecular formula is C21H26N4. The highest BCUT2D eigenvalue weighted by Gasteiger charge is 2.39. The normalized spacial score (nSPS) is 29.5. The van der Waals surface area contributed by atoms with E-state index in [2.05, 4.69) is 70.7 Å². The first-order valence-corrected chi connectivity index (χ1v) is 9.09. The number of benzene rings is 1. The molecule has 0 aromatic heterocycles. The lowest BCUT2D eigenvalue weighted by molar-refractivity contribution is 0.260. The van der Waals surface area contributed by atoms with Crippen LogP contribution in [-0.2, 0) is 5.41 Å². The van der Waals surface area contributed by atoms with Crippen molar-refractivity contribution in [2.45, 2.75) is 12.3 Å². The largest absolute Gasteiger partial charge is 0.383 e. The van der Waals surface area contributed by atoms with E-state index in [-0.39, 0.29) is 11.3 Å². The Morgan fingerprint density at radius 3 is 2.72 bits per heavy atom. The number of hydrogen-bond donors (Lipinski definition) is 2. The Kier molecular flexibility index (Phi) is 4.32. The summed E-state index contributed by atoms with van der Waals surface area (Å²) in [6.45, 7) is 7.64. The minimum Gasteiger partial charge on any atom is -0.383 e. The number of nitrogens with one attached hydrogen (secondary N) is 1. The van der Waals surface area contributed by atoms with Crippen molar-refractivity contribution < 1.29 is 0 Å². The Morgan fingerprint density at radius 2 is 1.96 bits per heavy atom. The third kappa shape index (κ3) is 3.08. The summed E-state index contributed by atoms with van der Waals surface area (Å²) >= 11 is 0. The Hall–Kier alpha value is -2.17. The summed E-state index contributed by atoms with van der Waals surface area (Å²) in [7, 11) is 0. The number of rotatable bonds is 3. The van der Waals surface area contributed by atoms with Gasteiger partial charge in [0.2, 0.25) is 0 Å². The summed E-state index contributed by atoms with van der Waals surface area (Å²) < 4.78 is 0. The zero-order chi connectivity index (χ0) is 17.3. The second-order valence-electron chi connectivity index (χ2n) is 7.33. The van der Waals surface area contributed by atoms with Gasteiger partial charge >= 0.3 is 0 Å². The predicted octanol–water partition coefficient (Wildman–Crippen LogP) is 2.22. The van der Waals surface area contributed by atoms with Crippen molar-refractivity contribution in [1.29, 1.82) is 0 Å². The van der Waals surface area contributed by atoms with Crippen molar-refractivity contribution in [3.05, 3.63) is 71.1 Å². The first-order chi connectivity index (χ1) is 12.2. The van der Waals surface area contributed by atoms with E-state index < -0.39 is 0 Å². The SMILES string of the molecule is CC1(c2ccccc2)C=NC(N)=C2C=CC(CN3CCNCC3)=CC21. The second kappa shape index (κ2) is 6.62. The minimum absolute atomic E-state index is 0.168. The molecule has 0 bridgehead atoms. The van der Waals surface area contributed by atoms with E-state index in [1.807, 2.05) is 6.21 Å². The van der Waals surface area contributed by atoms with Crippen molar-refractivity contribution in [2.75, 3.05) is 32.7 Å². The molecule has 4 nitrogen and oxygen atoms in total. The van der Waals surface area contributed by atoms with Gasteiger partial charge in [0.05, 0.1) is 0 Å². The van der Waals surface area contributed by atoms with Gasteiger partial charge in [-0.05, 0) is 18.1 Å². The van der Waals surface area contributed by atoms with Crippen LogP contribution in [0.4, 0.5) is 0 Å². The molecule has 2 aliphatic heterocycles. The Bertz CT molecular complexity index is 753. The van der Waals surface area contributed by atoms with Crippen LogP contribution in [0.25, 0.3) is 0 Å². The summed E-state index contributed by atoms with van der Waals surface area (Å²) in [5.74, 6) is 0.877. The third-order valence-corrected chi connectivity index (χ3v) is 5.62.